The van der Waals surface area contributed by atoms with Crippen LogP contribution in [0.15, 0.2) is 36.4 Å². The van der Waals surface area contributed by atoms with E-state index in [-0.39, 0.29) is 13.0 Å². The van der Waals surface area contributed by atoms with Crippen molar-refractivity contribution in [3.63, 3.8) is 0 Å². The summed E-state index contributed by atoms with van der Waals surface area (Å²) in [6, 6.07) is 9.33. The fourth-order valence-electron chi connectivity index (χ4n) is 4.36. The van der Waals surface area contributed by atoms with E-state index < -0.39 is 41.3 Å². The van der Waals surface area contributed by atoms with Gasteiger partial charge in [-0.3, -0.25) is 29.0 Å². The fraction of sp³-hybridized carbons (Fsp3) is 0.333. The Morgan fingerprint density at radius 3 is 2.18 bits per heavy atom. The fourth-order valence-corrected chi connectivity index (χ4v) is 5.11. The summed E-state index contributed by atoms with van der Waals surface area (Å²) < 4.78 is 5.36. The number of amides is 3. The van der Waals surface area contributed by atoms with Gasteiger partial charge in [-0.1, -0.05) is 34.8 Å². The Hall–Kier alpha value is -2.61. The molecule has 178 valence electrons. The predicted octanol–water partition coefficient (Wildman–Crippen LogP) is 4.53. The number of imide groups is 1. The van der Waals surface area contributed by atoms with Gasteiger partial charge in [-0.05, 0) is 62.7 Å². The molecule has 10 heteroatoms. The number of likely N-dealkylation sites (tertiary alicyclic amines) is 1. The molecule has 1 fully saturated rings. The molecular weight excluding hydrogens is 503 g/mol. The van der Waals surface area contributed by atoms with E-state index in [1.807, 2.05) is 0 Å². The molecule has 1 spiro atoms. The third-order valence-corrected chi connectivity index (χ3v) is 6.29. The van der Waals surface area contributed by atoms with Gasteiger partial charge in [0.15, 0.2) is 5.41 Å². The first-order valence-electron chi connectivity index (χ1n) is 10.5. The van der Waals surface area contributed by atoms with Crippen molar-refractivity contribution in [3.05, 3.63) is 62.6 Å². The number of carbonyl (C=O) groups is 4. The SMILES string of the molecule is CC(C)(C)OC(=O)CN1C(=O)C2(CC(=O)N(Cc3cc(Cl)cc(Cl)c3)C2=O)c2cc(Cl)ccc21. The number of hydrogen-bond acceptors (Lipinski definition) is 5. The maximum absolute atomic E-state index is 13.7. The molecule has 2 aromatic carbocycles. The van der Waals surface area contributed by atoms with Gasteiger partial charge in [-0.15, -0.1) is 0 Å². The van der Waals surface area contributed by atoms with Gasteiger partial charge < -0.3 is 4.74 Å². The number of nitrogens with zero attached hydrogens (tertiary/aromatic N) is 2. The summed E-state index contributed by atoms with van der Waals surface area (Å²) in [5, 5.41) is 1.01. The highest BCUT2D eigenvalue weighted by Crippen LogP contribution is 2.49. The first kappa shape index (κ1) is 24.5. The average Bonchev–Trinajstić information content (AvgIpc) is 3.07. The largest absolute Gasteiger partial charge is 0.459 e. The third-order valence-electron chi connectivity index (χ3n) is 5.62. The smallest absolute Gasteiger partial charge is 0.326 e. The summed E-state index contributed by atoms with van der Waals surface area (Å²) in [5.74, 6) is -2.52. The van der Waals surface area contributed by atoms with E-state index in [9.17, 15) is 19.2 Å². The van der Waals surface area contributed by atoms with Crippen LogP contribution < -0.4 is 4.90 Å². The monoisotopic (exact) mass is 522 g/mol. The molecule has 0 saturated carbocycles. The molecule has 0 N–H and O–H groups in total. The molecule has 7 nitrogen and oxygen atoms in total. The second-order valence-corrected chi connectivity index (χ2v) is 10.6. The number of halogens is 3. The van der Waals surface area contributed by atoms with Crippen LogP contribution in [0.25, 0.3) is 0 Å². The highest BCUT2D eigenvalue weighted by Gasteiger charge is 2.64. The number of esters is 1. The molecule has 2 aliphatic rings. The Kier molecular flexibility index (Phi) is 6.17. The van der Waals surface area contributed by atoms with E-state index in [4.69, 9.17) is 39.5 Å². The van der Waals surface area contributed by atoms with Crippen LogP contribution in [0.5, 0.6) is 0 Å². The number of anilines is 1. The van der Waals surface area contributed by atoms with Crippen LogP contribution in [0, 0.1) is 0 Å². The number of rotatable bonds is 4. The zero-order chi connectivity index (χ0) is 25.0. The van der Waals surface area contributed by atoms with Crippen molar-refractivity contribution in [3.8, 4) is 0 Å². The van der Waals surface area contributed by atoms with Gasteiger partial charge in [-0.2, -0.15) is 0 Å². The number of carbonyl (C=O) groups excluding carboxylic acids is 4. The first-order valence-corrected chi connectivity index (χ1v) is 11.6. The average molecular weight is 524 g/mol. The van der Waals surface area contributed by atoms with E-state index >= 15 is 0 Å². The summed E-state index contributed by atoms with van der Waals surface area (Å²) in [6.45, 7) is 4.63. The topological polar surface area (TPSA) is 84.0 Å². The van der Waals surface area contributed by atoms with Gasteiger partial charge >= 0.3 is 5.97 Å². The number of benzene rings is 2. The standard InChI is InChI=1S/C24H21Cl3N2O5/c1-23(2,3)34-20(31)12-28-18-5-4-14(25)9-17(18)24(21(28)32)10-19(30)29(22(24)33)11-13-6-15(26)8-16(27)7-13/h4-9H,10-12H2,1-3H3. The summed E-state index contributed by atoms with van der Waals surface area (Å²) in [7, 11) is 0. The molecular formula is C24H21Cl3N2O5. The van der Waals surface area contributed by atoms with Gasteiger partial charge in [0.25, 0.3) is 0 Å². The summed E-state index contributed by atoms with van der Waals surface area (Å²) >= 11 is 18.3. The zero-order valence-electron chi connectivity index (χ0n) is 18.7. The van der Waals surface area contributed by atoms with Crippen molar-refractivity contribution in [1.82, 2.24) is 4.90 Å². The van der Waals surface area contributed by atoms with Crippen molar-refractivity contribution in [2.24, 2.45) is 0 Å². The molecule has 34 heavy (non-hydrogen) atoms. The molecule has 0 bridgehead atoms. The number of fused-ring (bicyclic) bond motifs is 2. The maximum atomic E-state index is 13.7. The van der Waals surface area contributed by atoms with Gasteiger partial charge in [0.1, 0.15) is 12.1 Å². The number of ether oxygens (including phenoxy) is 1. The van der Waals surface area contributed by atoms with Gasteiger partial charge in [0, 0.05) is 26.3 Å². The van der Waals surface area contributed by atoms with Crippen LogP contribution in [0.1, 0.15) is 38.3 Å². The van der Waals surface area contributed by atoms with Crippen molar-refractivity contribution < 1.29 is 23.9 Å². The van der Waals surface area contributed by atoms with E-state index in [0.717, 1.165) is 4.90 Å². The van der Waals surface area contributed by atoms with Crippen LogP contribution in [0.3, 0.4) is 0 Å². The highest BCUT2D eigenvalue weighted by molar-refractivity contribution is 6.35. The highest BCUT2D eigenvalue weighted by atomic mass is 35.5. The Morgan fingerprint density at radius 2 is 1.56 bits per heavy atom. The first-order chi connectivity index (χ1) is 15.8. The lowest BCUT2D eigenvalue weighted by Gasteiger charge is -2.24. The minimum Gasteiger partial charge on any atom is -0.459 e. The molecule has 0 aliphatic carbocycles. The molecule has 2 heterocycles. The van der Waals surface area contributed by atoms with Crippen molar-refractivity contribution in [2.75, 3.05) is 11.4 Å². The second-order valence-electron chi connectivity index (χ2n) is 9.28. The molecule has 3 amide bonds. The summed E-state index contributed by atoms with van der Waals surface area (Å²) in [4.78, 5) is 55.1. The van der Waals surface area contributed by atoms with Crippen LogP contribution in [-0.2, 0) is 35.9 Å². The molecule has 1 unspecified atom stereocenters. The lowest BCUT2D eigenvalue weighted by Crippen LogP contribution is -2.48. The van der Waals surface area contributed by atoms with E-state index in [0.29, 0.717) is 31.9 Å². The lowest BCUT2D eigenvalue weighted by atomic mass is 9.80. The van der Waals surface area contributed by atoms with Crippen LogP contribution in [0.4, 0.5) is 5.69 Å². The molecule has 0 radical (unpaired) electrons. The van der Waals surface area contributed by atoms with Gasteiger partial charge in [0.05, 0.1) is 13.0 Å². The Labute approximate surface area is 211 Å². The minimum atomic E-state index is -1.80. The molecule has 2 aliphatic heterocycles. The number of hydrogen-bond donors (Lipinski definition) is 0. The minimum absolute atomic E-state index is 0.102. The van der Waals surface area contributed by atoms with Crippen molar-refractivity contribution in [1.29, 1.82) is 0 Å². The molecule has 2 aromatic rings. The van der Waals surface area contributed by atoms with E-state index in [1.165, 1.54) is 17.0 Å². The summed E-state index contributed by atoms with van der Waals surface area (Å²) in [5.41, 5.74) is -1.39. The van der Waals surface area contributed by atoms with Crippen LogP contribution in [0.2, 0.25) is 15.1 Å². The predicted molar refractivity (Wildman–Crippen MR) is 128 cm³/mol. The second kappa shape index (κ2) is 8.56. The van der Waals surface area contributed by atoms with E-state index in [1.54, 1.807) is 45.0 Å². The van der Waals surface area contributed by atoms with Crippen LogP contribution in [-0.4, -0.2) is 40.7 Å². The zero-order valence-corrected chi connectivity index (χ0v) is 20.9. The molecule has 0 aromatic heterocycles. The Balaban J connectivity index is 1.72. The quantitative estimate of drug-likeness (QED) is 0.334. The molecule has 1 saturated heterocycles. The Morgan fingerprint density at radius 1 is 0.941 bits per heavy atom. The van der Waals surface area contributed by atoms with E-state index in [2.05, 4.69) is 0 Å². The van der Waals surface area contributed by atoms with Crippen LogP contribution >= 0.6 is 34.8 Å². The Bertz CT molecular complexity index is 1220. The van der Waals surface area contributed by atoms with Crippen molar-refractivity contribution >= 4 is 64.2 Å². The third kappa shape index (κ3) is 4.28. The lowest BCUT2D eigenvalue weighted by molar-refractivity contribution is -0.154. The van der Waals surface area contributed by atoms with Gasteiger partial charge in [0.2, 0.25) is 17.7 Å². The normalized spacial score (nSPS) is 19.9. The van der Waals surface area contributed by atoms with Crippen molar-refractivity contribution in [2.45, 2.75) is 44.8 Å². The summed E-state index contributed by atoms with van der Waals surface area (Å²) in [6.07, 6.45) is -0.378. The maximum Gasteiger partial charge on any atom is 0.326 e. The molecule has 1 atom stereocenters. The van der Waals surface area contributed by atoms with Gasteiger partial charge in [-0.25, -0.2) is 0 Å². The molecule has 4 rings (SSSR count).